The van der Waals surface area contributed by atoms with Gasteiger partial charge in [-0.1, -0.05) is 6.07 Å². The van der Waals surface area contributed by atoms with Crippen molar-refractivity contribution in [2.24, 2.45) is 0 Å². The van der Waals surface area contributed by atoms with Crippen molar-refractivity contribution in [2.75, 3.05) is 36.5 Å². The highest BCUT2D eigenvalue weighted by molar-refractivity contribution is 7.09. The lowest BCUT2D eigenvalue weighted by Crippen LogP contribution is -2.37. The molecule has 2 fully saturated rings. The maximum Gasteiger partial charge on any atom is 0.238 e. The molecule has 1 N–H and O–H groups in total. The van der Waals surface area contributed by atoms with Crippen LogP contribution >= 0.6 is 11.3 Å². The topological polar surface area (TPSA) is 61.9 Å². The highest BCUT2D eigenvalue weighted by atomic mass is 32.1. The number of nitrogens with one attached hydrogen (secondary N) is 1. The molecule has 2 amide bonds. The maximum atomic E-state index is 12.7. The minimum absolute atomic E-state index is 0.0375. The molecular formula is C22H27N3O3S. The fourth-order valence-electron chi connectivity index (χ4n) is 3.93. The molecule has 29 heavy (non-hydrogen) atoms. The number of carbonyl (C=O) groups excluding carboxylic acids is 2. The Morgan fingerprint density at radius 1 is 1.24 bits per heavy atom. The van der Waals surface area contributed by atoms with Gasteiger partial charge < -0.3 is 15.0 Å². The van der Waals surface area contributed by atoms with Crippen molar-refractivity contribution in [1.29, 1.82) is 0 Å². The summed E-state index contributed by atoms with van der Waals surface area (Å²) >= 11 is 1.71. The number of hydrogen-bond donors (Lipinski definition) is 1. The van der Waals surface area contributed by atoms with Crippen molar-refractivity contribution in [2.45, 2.75) is 38.3 Å². The Balaban J connectivity index is 1.34. The third kappa shape index (κ3) is 5.44. The second-order valence-corrected chi connectivity index (χ2v) is 8.66. The van der Waals surface area contributed by atoms with Crippen molar-refractivity contribution >= 4 is 34.5 Å². The predicted molar refractivity (Wildman–Crippen MR) is 115 cm³/mol. The summed E-state index contributed by atoms with van der Waals surface area (Å²) in [5, 5.41) is 5.05. The standard InChI is InChI=1S/C22H27N3O3S/c26-21(23-17-7-9-18(10-8-17)25-11-1-6-22(25)27)16-24(14-19-4-2-12-28-19)15-20-5-3-13-29-20/h3,5,7-10,13,19H,1-2,4,6,11-12,14-16H2,(H,23,26)/t19-/m0/s1. The molecule has 1 atom stereocenters. The Morgan fingerprint density at radius 2 is 2.10 bits per heavy atom. The molecule has 3 heterocycles. The Labute approximate surface area is 175 Å². The number of anilines is 2. The lowest BCUT2D eigenvalue weighted by molar-refractivity contribution is -0.118. The number of benzene rings is 1. The first kappa shape index (κ1) is 20.1. The van der Waals surface area contributed by atoms with E-state index in [9.17, 15) is 9.59 Å². The summed E-state index contributed by atoms with van der Waals surface area (Å²) in [5.74, 6) is 0.129. The number of ether oxygens (including phenoxy) is 1. The van der Waals surface area contributed by atoms with E-state index in [-0.39, 0.29) is 17.9 Å². The zero-order chi connectivity index (χ0) is 20.1. The molecule has 7 heteroatoms. The van der Waals surface area contributed by atoms with Crippen LogP contribution in [0.25, 0.3) is 0 Å². The average molecular weight is 414 g/mol. The molecule has 154 valence electrons. The number of rotatable bonds is 8. The first-order valence-corrected chi connectivity index (χ1v) is 11.1. The third-order valence-corrected chi connectivity index (χ3v) is 6.21. The normalized spacial score (nSPS) is 19.3. The van der Waals surface area contributed by atoms with E-state index in [1.54, 1.807) is 16.2 Å². The van der Waals surface area contributed by atoms with Crippen LogP contribution in [0.2, 0.25) is 0 Å². The lowest BCUT2D eigenvalue weighted by Gasteiger charge is -2.24. The molecule has 1 aromatic carbocycles. The van der Waals surface area contributed by atoms with Crippen molar-refractivity contribution in [1.82, 2.24) is 4.90 Å². The summed E-state index contributed by atoms with van der Waals surface area (Å²) in [6, 6.07) is 11.7. The summed E-state index contributed by atoms with van der Waals surface area (Å²) in [7, 11) is 0. The van der Waals surface area contributed by atoms with Crippen LogP contribution in [-0.2, 0) is 20.9 Å². The smallest absolute Gasteiger partial charge is 0.238 e. The van der Waals surface area contributed by atoms with E-state index in [1.807, 2.05) is 30.3 Å². The molecular weight excluding hydrogens is 386 g/mol. The van der Waals surface area contributed by atoms with Gasteiger partial charge in [0.15, 0.2) is 0 Å². The molecule has 1 aromatic heterocycles. The number of hydrogen-bond acceptors (Lipinski definition) is 5. The fraction of sp³-hybridized carbons (Fsp3) is 0.455. The van der Waals surface area contributed by atoms with Crippen molar-refractivity contribution < 1.29 is 14.3 Å². The molecule has 0 radical (unpaired) electrons. The fourth-order valence-corrected chi connectivity index (χ4v) is 4.68. The molecule has 2 saturated heterocycles. The number of nitrogens with zero attached hydrogens (tertiary/aromatic N) is 2. The molecule has 2 aliphatic rings. The van der Waals surface area contributed by atoms with Crippen molar-refractivity contribution in [3.63, 3.8) is 0 Å². The summed E-state index contributed by atoms with van der Waals surface area (Å²) in [5.41, 5.74) is 1.64. The Bertz CT molecular complexity index is 816. The van der Waals surface area contributed by atoms with E-state index >= 15 is 0 Å². The van der Waals surface area contributed by atoms with Gasteiger partial charge in [0, 0.05) is 48.9 Å². The van der Waals surface area contributed by atoms with Crippen molar-refractivity contribution in [3.05, 3.63) is 46.7 Å². The van der Waals surface area contributed by atoms with Crippen LogP contribution in [0.4, 0.5) is 11.4 Å². The van der Waals surface area contributed by atoms with Gasteiger partial charge in [0.1, 0.15) is 0 Å². The zero-order valence-electron chi connectivity index (χ0n) is 16.5. The van der Waals surface area contributed by atoms with Gasteiger partial charge in [-0.2, -0.15) is 0 Å². The maximum absolute atomic E-state index is 12.7. The SMILES string of the molecule is O=C(CN(Cc1cccs1)C[C@@H]1CCCO1)Nc1ccc(N2CCCC2=O)cc1. The van der Waals surface area contributed by atoms with E-state index in [4.69, 9.17) is 4.74 Å². The van der Waals surface area contributed by atoms with Gasteiger partial charge in [-0.15, -0.1) is 11.3 Å². The van der Waals surface area contributed by atoms with Crippen LogP contribution in [-0.4, -0.2) is 49.1 Å². The summed E-state index contributed by atoms with van der Waals surface area (Å²) in [4.78, 5) is 29.7. The van der Waals surface area contributed by atoms with Gasteiger partial charge in [0.25, 0.3) is 0 Å². The first-order chi connectivity index (χ1) is 14.2. The van der Waals surface area contributed by atoms with Gasteiger partial charge in [-0.3, -0.25) is 14.5 Å². The van der Waals surface area contributed by atoms with Gasteiger partial charge in [0.05, 0.1) is 12.6 Å². The van der Waals surface area contributed by atoms with E-state index < -0.39 is 0 Å². The molecule has 6 nitrogen and oxygen atoms in total. The summed E-state index contributed by atoms with van der Waals surface area (Å²) in [6.07, 6.45) is 3.88. The largest absolute Gasteiger partial charge is 0.377 e. The molecule has 0 aliphatic carbocycles. The van der Waals surface area contributed by atoms with Crippen LogP contribution in [0.15, 0.2) is 41.8 Å². The Kier molecular flexibility index (Phi) is 6.59. The van der Waals surface area contributed by atoms with E-state index in [2.05, 4.69) is 21.7 Å². The quantitative estimate of drug-likeness (QED) is 0.720. The molecule has 0 saturated carbocycles. The third-order valence-electron chi connectivity index (χ3n) is 5.35. The number of thiophene rings is 1. The average Bonchev–Trinajstić information content (AvgIpc) is 3.46. The first-order valence-electron chi connectivity index (χ1n) is 10.2. The number of amides is 2. The minimum atomic E-state index is -0.0375. The van der Waals surface area contributed by atoms with E-state index in [0.29, 0.717) is 13.0 Å². The summed E-state index contributed by atoms with van der Waals surface area (Å²) < 4.78 is 5.77. The van der Waals surface area contributed by atoms with Crippen LogP contribution in [0.3, 0.4) is 0 Å². The lowest BCUT2D eigenvalue weighted by atomic mass is 10.2. The predicted octanol–water partition coefficient (Wildman–Crippen LogP) is 3.49. The Hall–Kier alpha value is -2.22. The van der Waals surface area contributed by atoms with Crippen LogP contribution in [0.1, 0.15) is 30.6 Å². The van der Waals surface area contributed by atoms with Gasteiger partial charge in [-0.05, 0) is 55.0 Å². The highest BCUT2D eigenvalue weighted by Crippen LogP contribution is 2.23. The van der Waals surface area contributed by atoms with Crippen LogP contribution < -0.4 is 10.2 Å². The van der Waals surface area contributed by atoms with Crippen molar-refractivity contribution in [3.8, 4) is 0 Å². The second kappa shape index (κ2) is 9.52. The zero-order valence-corrected chi connectivity index (χ0v) is 17.3. The number of carbonyl (C=O) groups is 2. The molecule has 2 aromatic rings. The minimum Gasteiger partial charge on any atom is -0.377 e. The molecule has 2 aliphatic heterocycles. The van der Waals surface area contributed by atoms with Gasteiger partial charge in [0.2, 0.25) is 11.8 Å². The second-order valence-electron chi connectivity index (χ2n) is 7.63. The molecule has 0 bridgehead atoms. The molecule has 0 spiro atoms. The van der Waals surface area contributed by atoms with Crippen LogP contribution in [0, 0.1) is 0 Å². The van der Waals surface area contributed by atoms with E-state index in [0.717, 1.165) is 56.9 Å². The van der Waals surface area contributed by atoms with Crippen LogP contribution in [0.5, 0.6) is 0 Å². The highest BCUT2D eigenvalue weighted by Gasteiger charge is 2.23. The van der Waals surface area contributed by atoms with Gasteiger partial charge >= 0.3 is 0 Å². The molecule has 0 unspecified atom stereocenters. The van der Waals surface area contributed by atoms with E-state index in [1.165, 1.54) is 4.88 Å². The molecule has 4 rings (SSSR count). The Morgan fingerprint density at radius 3 is 2.76 bits per heavy atom. The van der Waals surface area contributed by atoms with Gasteiger partial charge in [-0.25, -0.2) is 0 Å². The summed E-state index contributed by atoms with van der Waals surface area (Å²) in [6.45, 7) is 3.42. The monoisotopic (exact) mass is 413 g/mol.